The van der Waals surface area contributed by atoms with Gasteiger partial charge in [-0.1, -0.05) is 45.9 Å². The first-order chi connectivity index (χ1) is 11.6. The van der Waals surface area contributed by atoms with Crippen molar-refractivity contribution in [3.05, 3.63) is 30.3 Å². The summed E-state index contributed by atoms with van der Waals surface area (Å²) >= 11 is 0. The fourth-order valence-electron chi connectivity index (χ4n) is 3.04. The molecule has 1 unspecified atom stereocenters. The first-order valence-electron chi connectivity index (χ1n) is 8.57. The second-order valence-electron chi connectivity index (χ2n) is 6.97. The quantitative estimate of drug-likeness (QED) is 0.237. The summed E-state index contributed by atoms with van der Waals surface area (Å²) in [5.41, 5.74) is -1.39. The van der Waals surface area contributed by atoms with Crippen molar-refractivity contribution in [2.45, 2.75) is 59.4 Å². The average Bonchev–Trinajstić information content (AvgIpc) is 2.44. The van der Waals surface area contributed by atoms with E-state index in [9.17, 15) is 13.0 Å². The molecular weight excluding hydrogens is 367 g/mol. The molecule has 0 amide bonds. The number of para-hydroxylation sites is 1. The van der Waals surface area contributed by atoms with Crippen molar-refractivity contribution in [3.63, 3.8) is 0 Å². The third-order valence-corrected chi connectivity index (χ3v) is 4.05. The van der Waals surface area contributed by atoms with Gasteiger partial charge in [0.25, 0.3) is 0 Å². The molecule has 26 heavy (non-hydrogen) atoms. The molecule has 0 spiro atoms. The van der Waals surface area contributed by atoms with E-state index in [0.29, 0.717) is 18.6 Å². The summed E-state index contributed by atoms with van der Waals surface area (Å²) in [6.45, 7) is 9.80. The molecule has 8 heteroatoms. The SMILES string of the molecule is CCOC(Oc1ccccc1)C(CC(C)C)(CC(C)C)OS(=O)(=O)[O-].[Na+]. The molecule has 0 saturated carbocycles. The van der Waals surface area contributed by atoms with Crippen LogP contribution in [0.4, 0.5) is 0 Å². The predicted molar refractivity (Wildman–Crippen MR) is 94.9 cm³/mol. The molecule has 0 N–H and O–H groups in total. The van der Waals surface area contributed by atoms with E-state index < -0.39 is 22.3 Å². The zero-order valence-electron chi connectivity index (χ0n) is 16.6. The van der Waals surface area contributed by atoms with Gasteiger partial charge in [0.2, 0.25) is 16.7 Å². The van der Waals surface area contributed by atoms with Crippen LogP contribution in [0, 0.1) is 11.8 Å². The number of ether oxygens (including phenoxy) is 2. The van der Waals surface area contributed by atoms with Crippen molar-refractivity contribution >= 4 is 10.4 Å². The minimum Gasteiger partial charge on any atom is -0.726 e. The van der Waals surface area contributed by atoms with Crippen LogP contribution in [0.2, 0.25) is 0 Å². The van der Waals surface area contributed by atoms with Crippen molar-refractivity contribution in [2.75, 3.05) is 6.61 Å². The Morgan fingerprint density at radius 2 is 1.54 bits per heavy atom. The normalized spacial score (nSPS) is 13.5. The van der Waals surface area contributed by atoms with Crippen molar-refractivity contribution in [3.8, 4) is 5.75 Å². The van der Waals surface area contributed by atoms with E-state index in [0.717, 1.165) is 0 Å². The van der Waals surface area contributed by atoms with Crippen molar-refractivity contribution in [1.82, 2.24) is 0 Å². The van der Waals surface area contributed by atoms with Crippen LogP contribution in [0.5, 0.6) is 5.75 Å². The van der Waals surface area contributed by atoms with Gasteiger partial charge in [0, 0.05) is 6.61 Å². The van der Waals surface area contributed by atoms with Gasteiger partial charge in [-0.15, -0.1) is 0 Å². The molecule has 0 aromatic heterocycles. The van der Waals surface area contributed by atoms with Crippen LogP contribution >= 0.6 is 0 Å². The van der Waals surface area contributed by atoms with Crippen LogP contribution in [0.3, 0.4) is 0 Å². The Kier molecular flexibility index (Phi) is 11.6. The van der Waals surface area contributed by atoms with Gasteiger partial charge in [-0.25, -0.2) is 8.42 Å². The third kappa shape index (κ3) is 9.17. The summed E-state index contributed by atoms with van der Waals surface area (Å²) in [6, 6.07) is 8.93. The van der Waals surface area contributed by atoms with Crippen LogP contribution in [-0.4, -0.2) is 31.5 Å². The maximum atomic E-state index is 11.5. The maximum Gasteiger partial charge on any atom is 1.00 e. The summed E-state index contributed by atoms with van der Waals surface area (Å²) in [5.74, 6) is 0.662. The van der Waals surface area contributed by atoms with E-state index in [-0.39, 0.29) is 48.0 Å². The van der Waals surface area contributed by atoms with Gasteiger partial charge in [0.15, 0.2) is 0 Å². The predicted octanol–water partition coefficient (Wildman–Crippen LogP) is 0.740. The van der Waals surface area contributed by atoms with Crippen LogP contribution in [0.15, 0.2) is 30.3 Å². The first-order valence-corrected chi connectivity index (χ1v) is 9.91. The number of rotatable bonds is 11. The van der Waals surface area contributed by atoms with Crippen molar-refractivity contribution in [2.24, 2.45) is 11.8 Å². The Bertz CT molecular complexity index is 593. The molecule has 0 bridgehead atoms. The number of hydrogen-bond acceptors (Lipinski definition) is 6. The van der Waals surface area contributed by atoms with Gasteiger partial charge in [-0.05, 0) is 43.7 Å². The molecule has 0 aliphatic rings. The zero-order valence-corrected chi connectivity index (χ0v) is 19.4. The molecular formula is C18H29NaO6S. The standard InChI is InChI=1S/C18H30O6S.Na/c1-6-22-17(23-16-10-8-7-9-11-16)18(12-14(2)3,13-15(4)5)24-25(19,20)21;/h7-11,14-15,17H,6,12-13H2,1-5H3,(H,19,20,21);/q;+1/p-1. The van der Waals surface area contributed by atoms with Gasteiger partial charge >= 0.3 is 29.6 Å². The van der Waals surface area contributed by atoms with E-state index in [1.54, 1.807) is 31.2 Å². The molecule has 0 heterocycles. The van der Waals surface area contributed by atoms with Crippen LogP contribution < -0.4 is 34.3 Å². The van der Waals surface area contributed by atoms with Gasteiger partial charge in [-0.2, -0.15) is 0 Å². The summed E-state index contributed by atoms with van der Waals surface area (Å²) in [5, 5.41) is 0. The van der Waals surface area contributed by atoms with Gasteiger partial charge in [-0.3, -0.25) is 4.18 Å². The Hall–Kier alpha value is -0.150. The first kappa shape index (κ1) is 25.9. The molecule has 1 rings (SSSR count). The molecule has 1 aromatic rings. The summed E-state index contributed by atoms with van der Waals surface area (Å²) < 4.78 is 51.2. The average molecular weight is 396 g/mol. The van der Waals surface area contributed by atoms with Gasteiger partial charge < -0.3 is 14.0 Å². The monoisotopic (exact) mass is 396 g/mol. The van der Waals surface area contributed by atoms with Gasteiger partial charge in [0.1, 0.15) is 11.4 Å². The third-order valence-electron chi connectivity index (χ3n) is 3.51. The van der Waals surface area contributed by atoms with E-state index >= 15 is 0 Å². The Morgan fingerprint density at radius 1 is 1.04 bits per heavy atom. The molecule has 6 nitrogen and oxygen atoms in total. The number of hydrogen-bond donors (Lipinski definition) is 0. The minimum atomic E-state index is -4.94. The number of benzene rings is 1. The molecule has 0 aliphatic carbocycles. The fourth-order valence-corrected chi connectivity index (χ4v) is 3.66. The smallest absolute Gasteiger partial charge is 0.726 e. The van der Waals surface area contributed by atoms with Crippen molar-refractivity contribution in [1.29, 1.82) is 0 Å². The molecule has 0 fully saturated rings. The van der Waals surface area contributed by atoms with Crippen LogP contribution in [0.1, 0.15) is 47.5 Å². The van der Waals surface area contributed by atoms with Crippen LogP contribution in [-0.2, 0) is 19.3 Å². The fraction of sp³-hybridized carbons (Fsp3) is 0.667. The summed E-state index contributed by atoms with van der Waals surface area (Å²) in [7, 11) is -4.94. The molecule has 0 radical (unpaired) electrons. The zero-order chi connectivity index (χ0) is 19.1. The molecule has 1 atom stereocenters. The minimum absolute atomic E-state index is 0. The maximum absolute atomic E-state index is 11.5. The summed E-state index contributed by atoms with van der Waals surface area (Å²) in [4.78, 5) is 0. The summed E-state index contributed by atoms with van der Waals surface area (Å²) in [6.07, 6.45) is -0.401. The van der Waals surface area contributed by atoms with Crippen molar-refractivity contribution < 1.29 is 56.2 Å². The van der Waals surface area contributed by atoms with Crippen LogP contribution in [0.25, 0.3) is 0 Å². The Labute approximate surface area is 179 Å². The molecule has 0 saturated heterocycles. The Morgan fingerprint density at radius 3 is 1.92 bits per heavy atom. The Balaban J connectivity index is 0.00000625. The molecule has 1 aromatic carbocycles. The van der Waals surface area contributed by atoms with Gasteiger partial charge in [0.05, 0.1) is 0 Å². The largest absolute Gasteiger partial charge is 1.00 e. The van der Waals surface area contributed by atoms with E-state index in [1.165, 1.54) is 0 Å². The second-order valence-corrected chi connectivity index (χ2v) is 7.95. The molecule has 144 valence electrons. The topological polar surface area (TPSA) is 84.9 Å². The van der Waals surface area contributed by atoms with E-state index in [4.69, 9.17) is 13.7 Å². The second kappa shape index (κ2) is 11.6. The van der Waals surface area contributed by atoms with E-state index in [2.05, 4.69) is 0 Å². The van der Waals surface area contributed by atoms with E-state index in [1.807, 2.05) is 33.8 Å². The molecule has 0 aliphatic heterocycles.